The number of hydrogen-bond donors (Lipinski definition) is 3. The number of halogens is 2. The van der Waals surface area contributed by atoms with E-state index >= 15 is 0 Å². The van der Waals surface area contributed by atoms with Gasteiger partial charge in [0.1, 0.15) is 17.3 Å². The van der Waals surface area contributed by atoms with Crippen molar-refractivity contribution in [2.24, 2.45) is 0 Å². The van der Waals surface area contributed by atoms with Crippen LogP contribution >= 0.6 is 0 Å². The quantitative estimate of drug-likeness (QED) is 0.547. The van der Waals surface area contributed by atoms with Gasteiger partial charge in [0.25, 0.3) is 5.56 Å². The monoisotopic (exact) mass is 423 g/mol. The molecule has 0 unspecified atom stereocenters. The van der Waals surface area contributed by atoms with Crippen molar-refractivity contribution in [1.82, 2.24) is 9.88 Å². The lowest BCUT2D eigenvalue weighted by Crippen LogP contribution is -2.29. The number of anilines is 3. The van der Waals surface area contributed by atoms with Crippen LogP contribution in [0.2, 0.25) is 0 Å². The Morgan fingerprint density at radius 3 is 2.32 bits per heavy atom. The molecule has 158 valence electrons. The zero-order chi connectivity index (χ0) is 22.1. The molecule has 0 radical (unpaired) electrons. The average molecular weight is 423 g/mol. The highest BCUT2D eigenvalue weighted by Gasteiger charge is 2.26. The van der Waals surface area contributed by atoms with Crippen LogP contribution in [0.3, 0.4) is 0 Å². The molecule has 0 aliphatic carbocycles. The summed E-state index contributed by atoms with van der Waals surface area (Å²) in [6.07, 6.45) is 1.33. The van der Waals surface area contributed by atoms with Gasteiger partial charge in [-0.2, -0.15) is 0 Å². The van der Waals surface area contributed by atoms with Gasteiger partial charge >= 0.3 is 6.03 Å². The van der Waals surface area contributed by atoms with E-state index in [1.165, 1.54) is 18.3 Å². The summed E-state index contributed by atoms with van der Waals surface area (Å²) in [5.74, 6) is -1.63. The van der Waals surface area contributed by atoms with Crippen LogP contribution < -0.4 is 15.8 Å². The second-order valence-corrected chi connectivity index (χ2v) is 7.09. The number of aromatic amines is 1. The number of amides is 2. The van der Waals surface area contributed by atoms with Gasteiger partial charge < -0.3 is 15.2 Å². The van der Waals surface area contributed by atoms with Crippen LogP contribution in [0.15, 0.2) is 59.5 Å². The lowest BCUT2D eigenvalue weighted by molar-refractivity contribution is 0.229. The molecule has 9 heteroatoms. The van der Waals surface area contributed by atoms with Crippen LogP contribution in [0, 0.1) is 17.0 Å². The van der Waals surface area contributed by atoms with E-state index in [4.69, 9.17) is 5.41 Å². The number of urea groups is 1. The zero-order valence-corrected chi connectivity index (χ0v) is 16.6. The molecule has 1 aromatic heterocycles. The maximum atomic E-state index is 14.1. The van der Waals surface area contributed by atoms with E-state index in [1.807, 2.05) is 0 Å². The molecule has 0 atom stereocenters. The van der Waals surface area contributed by atoms with E-state index < -0.39 is 22.9 Å². The van der Waals surface area contributed by atoms with Crippen LogP contribution in [-0.2, 0) is 0 Å². The van der Waals surface area contributed by atoms with Gasteiger partial charge in [-0.05, 0) is 30.3 Å². The molecular weight excluding hydrogens is 404 g/mol. The van der Waals surface area contributed by atoms with E-state index in [9.17, 15) is 18.4 Å². The zero-order valence-electron chi connectivity index (χ0n) is 16.6. The Labute approximate surface area is 176 Å². The number of carbonyl (C=O) groups is 1. The highest BCUT2D eigenvalue weighted by atomic mass is 19.1. The lowest BCUT2D eigenvalue weighted by Gasteiger charge is -2.17. The van der Waals surface area contributed by atoms with Crippen LogP contribution in [-0.4, -0.2) is 41.8 Å². The van der Waals surface area contributed by atoms with Gasteiger partial charge in [0, 0.05) is 37.6 Å². The van der Waals surface area contributed by atoms with Gasteiger partial charge in [0.2, 0.25) is 0 Å². The van der Waals surface area contributed by atoms with Crippen molar-refractivity contribution in [2.75, 3.05) is 30.4 Å². The predicted molar refractivity (Wildman–Crippen MR) is 114 cm³/mol. The summed E-state index contributed by atoms with van der Waals surface area (Å²) in [7, 11) is 1.72. The minimum absolute atomic E-state index is 0.0603. The Morgan fingerprint density at radius 1 is 1.03 bits per heavy atom. The van der Waals surface area contributed by atoms with Crippen LogP contribution in [0.4, 0.5) is 30.6 Å². The standard InChI is InChI=1S/C22H19F2N5O2/c1-28-11-12-29(22(28)31)14-7-5-13(6-8-14)19(25)18-17(9-10-26-21(18)30)27-20-15(23)3-2-4-16(20)24/h2-10,25H,11-12H2,1H3,(H2,26,27,30). The summed E-state index contributed by atoms with van der Waals surface area (Å²) < 4.78 is 28.1. The number of pyridine rings is 1. The Kier molecular flexibility index (Phi) is 5.24. The maximum Gasteiger partial charge on any atom is 0.324 e. The molecule has 0 saturated carbocycles. The Bertz CT molecular complexity index is 1200. The second kappa shape index (κ2) is 8.02. The van der Waals surface area contributed by atoms with Gasteiger partial charge in [-0.25, -0.2) is 13.6 Å². The number of nitrogens with one attached hydrogen (secondary N) is 3. The fraction of sp³-hybridized carbons (Fsp3) is 0.136. The first-order valence-corrected chi connectivity index (χ1v) is 9.51. The average Bonchev–Trinajstić information content (AvgIpc) is 3.09. The van der Waals surface area contributed by atoms with Gasteiger partial charge in [-0.3, -0.25) is 15.1 Å². The molecule has 1 fully saturated rings. The molecule has 1 aliphatic rings. The second-order valence-electron chi connectivity index (χ2n) is 7.09. The summed E-state index contributed by atoms with van der Waals surface area (Å²) in [6.45, 7) is 1.18. The van der Waals surface area contributed by atoms with Crippen LogP contribution in [0.1, 0.15) is 11.1 Å². The van der Waals surface area contributed by atoms with Crippen molar-refractivity contribution in [3.63, 3.8) is 0 Å². The number of likely N-dealkylation sites (N-methyl/N-ethyl adjacent to an activating group) is 1. The number of benzene rings is 2. The Morgan fingerprint density at radius 2 is 1.71 bits per heavy atom. The molecule has 0 bridgehead atoms. The van der Waals surface area contributed by atoms with Crippen LogP contribution in [0.5, 0.6) is 0 Å². The third-order valence-electron chi connectivity index (χ3n) is 5.12. The molecule has 2 aromatic carbocycles. The number of rotatable bonds is 5. The third-order valence-corrected chi connectivity index (χ3v) is 5.12. The first kappa shape index (κ1) is 20.3. The third kappa shape index (κ3) is 3.77. The molecule has 3 aromatic rings. The topological polar surface area (TPSA) is 92.3 Å². The lowest BCUT2D eigenvalue weighted by atomic mass is 10.0. The normalized spacial score (nSPS) is 13.6. The summed E-state index contributed by atoms with van der Waals surface area (Å²) in [5.41, 5.74) is 0.0176. The van der Waals surface area contributed by atoms with E-state index in [0.717, 1.165) is 12.1 Å². The number of para-hydroxylation sites is 1. The first-order valence-electron chi connectivity index (χ1n) is 9.51. The largest absolute Gasteiger partial charge is 0.350 e. The van der Waals surface area contributed by atoms with Crippen molar-refractivity contribution in [1.29, 1.82) is 5.41 Å². The predicted octanol–water partition coefficient (Wildman–Crippen LogP) is 3.68. The molecular formula is C22H19F2N5O2. The van der Waals surface area contributed by atoms with Gasteiger partial charge in [0.05, 0.1) is 17.0 Å². The van der Waals surface area contributed by atoms with Crippen molar-refractivity contribution in [3.05, 3.63) is 87.8 Å². The SMILES string of the molecule is CN1CCN(c2ccc(C(=N)c3c(Nc4c(F)cccc4F)cc[nH]c3=O)cc2)C1=O. The fourth-order valence-corrected chi connectivity index (χ4v) is 3.42. The fourth-order valence-electron chi connectivity index (χ4n) is 3.42. The molecule has 2 amide bonds. The number of hydrogen-bond acceptors (Lipinski definition) is 4. The summed E-state index contributed by atoms with van der Waals surface area (Å²) in [4.78, 5) is 30.4. The molecule has 1 saturated heterocycles. The summed E-state index contributed by atoms with van der Waals surface area (Å²) >= 11 is 0. The van der Waals surface area contributed by atoms with Crippen molar-refractivity contribution >= 4 is 28.8 Å². The first-order chi connectivity index (χ1) is 14.9. The Hall–Kier alpha value is -4.01. The minimum Gasteiger partial charge on any atom is -0.350 e. The van der Waals surface area contributed by atoms with E-state index in [2.05, 4.69) is 10.3 Å². The maximum absolute atomic E-state index is 14.1. The molecule has 31 heavy (non-hydrogen) atoms. The van der Waals surface area contributed by atoms with Gasteiger partial charge in [0.15, 0.2) is 0 Å². The summed E-state index contributed by atoms with van der Waals surface area (Å²) in [6, 6.07) is 11.4. The number of carbonyl (C=O) groups excluding carboxylic acids is 1. The Balaban J connectivity index is 1.66. The number of aromatic nitrogens is 1. The molecule has 7 nitrogen and oxygen atoms in total. The minimum atomic E-state index is -0.817. The number of H-pyrrole nitrogens is 1. The van der Waals surface area contributed by atoms with Crippen molar-refractivity contribution in [2.45, 2.75) is 0 Å². The molecule has 2 heterocycles. The van der Waals surface area contributed by atoms with Gasteiger partial charge in [-0.15, -0.1) is 0 Å². The van der Waals surface area contributed by atoms with E-state index in [1.54, 1.807) is 41.1 Å². The van der Waals surface area contributed by atoms with Gasteiger partial charge in [-0.1, -0.05) is 18.2 Å². The van der Waals surface area contributed by atoms with Crippen molar-refractivity contribution in [3.8, 4) is 0 Å². The van der Waals surface area contributed by atoms with E-state index in [-0.39, 0.29) is 23.0 Å². The highest BCUT2D eigenvalue weighted by molar-refractivity contribution is 6.14. The van der Waals surface area contributed by atoms with E-state index in [0.29, 0.717) is 24.3 Å². The highest BCUT2D eigenvalue weighted by Crippen LogP contribution is 2.26. The molecule has 0 spiro atoms. The smallest absolute Gasteiger partial charge is 0.324 e. The summed E-state index contributed by atoms with van der Waals surface area (Å²) in [5, 5.41) is 11.1. The van der Waals surface area contributed by atoms with Crippen LogP contribution in [0.25, 0.3) is 0 Å². The molecule has 1 aliphatic heterocycles. The molecule has 4 rings (SSSR count). The molecule has 3 N–H and O–H groups in total. The van der Waals surface area contributed by atoms with Crippen molar-refractivity contribution < 1.29 is 13.6 Å². The number of nitrogens with zero attached hydrogens (tertiary/aromatic N) is 2.